The van der Waals surface area contributed by atoms with Gasteiger partial charge in [-0.25, -0.2) is 10.2 Å². The molecule has 3 saturated heterocycles. The van der Waals surface area contributed by atoms with Crippen molar-refractivity contribution in [2.24, 2.45) is 21.7 Å². The Bertz CT molecular complexity index is 881. The number of primary amides is 1. The lowest BCUT2D eigenvalue weighted by Gasteiger charge is -2.56. The number of hydrogen-bond donors (Lipinski definition) is 2. The fraction of sp³-hybridized carbons (Fsp3) is 0.783. The maximum atomic E-state index is 12.3. The van der Waals surface area contributed by atoms with Crippen LogP contribution >= 0.6 is 0 Å². The first-order chi connectivity index (χ1) is 15.7. The van der Waals surface area contributed by atoms with Gasteiger partial charge in [-0.3, -0.25) is 4.79 Å². The van der Waals surface area contributed by atoms with Gasteiger partial charge in [-0.1, -0.05) is 18.6 Å². The monoisotopic (exact) mass is 463 g/mol. The minimum absolute atomic E-state index is 0.353. The van der Waals surface area contributed by atoms with Crippen molar-refractivity contribution < 1.29 is 33.3 Å². The van der Waals surface area contributed by atoms with Crippen LogP contribution in [-0.4, -0.2) is 67.7 Å². The number of nitrogens with zero attached hydrogens (tertiary/aromatic N) is 1. The quantitative estimate of drug-likeness (QED) is 0.209. The van der Waals surface area contributed by atoms with Crippen LogP contribution < -0.4 is 11.2 Å². The summed E-state index contributed by atoms with van der Waals surface area (Å²) in [5.41, 5.74) is 6.65. The third-order valence-electron chi connectivity index (χ3n) is 8.31. The molecular formula is C23H33N3O7. The van der Waals surface area contributed by atoms with Crippen molar-refractivity contribution in [3.63, 3.8) is 0 Å². The number of nitrogens with one attached hydrogen (secondary N) is 1. The van der Waals surface area contributed by atoms with Gasteiger partial charge in [-0.2, -0.15) is 5.10 Å². The Labute approximate surface area is 193 Å². The SMILES string of the molecule is CC(=O)O[C@@H]1[C@@H](OC2CCCCO2)C2OC3C=C(C)CC[C@]3(/C=N\NC(N)=O)[C@]1(C)C21CO1. The van der Waals surface area contributed by atoms with Gasteiger partial charge in [0.1, 0.15) is 23.9 Å². The van der Waals surface area contributed by atoms with E-state index in [-0.39, 0.29) is 12.4 Å². The number of hydrazone groups is 1. The van der Waals surface area contributed by atoms with Crippen molar-refractivity contribution in [3.05, 3.63) is 11.6 Å². The van der Waals surface area contributed by atoms with E-state index in [2.05, 4.69) is 30.5 Å². The summed E-state index contributed by atoms with van der Waals surface area (Å²) in [7, 11) is 0. The highest BCUT2D eigenvalue weighted by molar-refractivity contribution is 5.76. The largest absolute Gasteiger partial charge is 0.459 e. The lowest BCUT2D eigenvalue weighted by molar-refractivity contribution is -0.229. The molecule has 5 aliphatic rings. The number of carbonyl (C=O) groups excluding carboxylic acids is 2. The predicted molar refractivity (Wildman–Crippen MR) is 116 cm³/mol. The van der Waals surface area contributed by atoms with Crippen LogP contribution in [0.2, 0.25) is 0 Å². The number of epoxide rings is 1. The number of allylic oxidation sites excluding steroid dienone is 1. The third-order valence-corrected chi connectivity index (χ3v) is 8.31. The molecule has 3 N–H and O–H groups in total. The maximum absolute atomic E-state index is 12.3. The lowest BCUT2D eigenvalue weighted by Crippen LogP contribution is -2.66. The fourth-order valence-corrected chi connectivity index (χ4v) is 6.57. The summed E-state index contributed by atoms with van der Waals surface area (Å²) >= 11 is 0. The normalized spacial score (nSPS) is 46.0. The molecule has 5 rings (SSSR count). The standard InChI is InChI=1S/C23H33N3O7/c1-13-7-8-22(11-25-26-20(24)28)15(10-13)32-19-17(33-16-6-4-5-9-29-16)18(31-14(2)27)21(22,3)23(19)12-30-23/h10-11,15-19H,4-9,12H2,1-3H3,(H3,24,26,28)/b25-11-/t15?,16?,17-,18-,19?,21-,22-,23?/m1/s1. The maximum Gasteiger partial charge on any atom is 0.332 e. The lowest BCUT2D eigenvalue weighted by atomic mass is 9.51. The molecule has 33 heavy (non-hydrogen) atoms. The molecule has 182 valence electrons. The molecular weight excluding hydrogens is 430 g/mol. The highest BCUT2D eigenvalue weighted by atomic mass is 16.7. The summed E-state index contributed by atoms with van der Waals surface area (Å²) in [5.74, 6) is -0.399. The second kappa shape index (κ2) is 8.04. The number of esters is 1. The zero-order valence-corrected chi connectivity index (χ0v) is 19.4. The average molecular weight is 464 g/mol. The Morgan fingerprint density at radius 2 is 2.15 bits per heavy atom. The smallest absolute Gasteiger partial charge is 0.332 e. The first-order valence-electron chi connectivity index (χ1n) is 11.7. The first kappa shape index (κ1) is 22.8. The number of nitrogens with two attached hydrogens (primary N) is 1. The summed E-state index contributed by atoms with van der Waals surface area (Å²) in [6, 6.07) is -0.752. The molecule has 2 bridgehead atoms. The predicted octanol–water partition coefficient (Wildman–Crippen LogP) is 1.77. The van der Waals surface area contributed by atoms with Gasteiger partial charge in [-0.05, 0) is 39.0 Å². The number of amides is 2. The van der Waals surface area contributed by atoms with Crippen LogP contribution in [0.3, 0.4) is 0 Å². The zero-order chi connectivity index (χ0) is 23.4. The van der Waals surface area contributed by atoms with E-state index in [9.17, 15) is 9.59 Å². The Balaban J connectivity index is 1.60. The highest BCUT2D eigenvalue weighted by Crippen LogP contribution is 2.72. The summed E-state index contributed by atoms with van der Waals surface area (Å²) < 4.78 is 31.2. The molecule has 8 atom stereocenters. The summed E-state index contributed by atoms with van der Waals surface area (Å²) in [5, 5.41) is 4.18. The van der Waals surface area contributed by atoms with Gasteiger partial charge >= 0.3 is 12.0 Å². The highest BCUT2D eigenvalue weighted by Gasteiger charge is 2.86. The van der Waals surface area contributed by atoms with E-state index in [1.807, 2.05) is 0 Å². The fourth-order valence-electron chi connectivity index (χ4n) is 6.57. The Morgan fingerprint density at radius 1 is 1.36 bits per heavy atom. The van der Waals surface area contributed by atoms with Gasteiger partial charge in [0.05, 0.1) is 18.1 Å². The van der Waals surface area contributed by atoms with Gasteiger partial charge < -0.3 is 29.4 Å². The molecule has 10 nitrogen and oxygen atoms in total. The number of carbonyl (C=O) groups is 2. The molecule has 3 heterocycles. The van der Waals surface area contributed by atoms with Crippen LogP contribution in [0, 0.1) is 10.8 Å². The molecule has 3 aliphatic heterocycles. The minimum Gasteiger partial charge on any atom is -0.459 e. The summed E-state index contributed by atoms with van der Waals surface area (Å²) in [6.45, 7) is 6.65. The van der Waals surface area contributed by atoms with E-state index in [0.29, 0.717) is 19.6 Å². The van der Waals surface area contributed by atoms with Crippen molar-refractivity contribution in [2.75, 3.05) is 13.2 Å². The molecule has 2 amide bonds. The zero-order valence-electron chi connectivity index (χ0n) is 19.4. The number of rotatable bonds is 5. The van der Waals surface area contributed by atoms with Crippen LogP contribution in [0.25, 0.3) is 0 Å². The molecule has 2 aliphatic carbocycles. The van der Waals surface area contributed by atoms with Crippen LogP contribution in [0.1, 0.15) is 52.9 Å². The van der Waals surface area contributed by atoms with Gasteiger partial charge in [0, 0.05) is 25.2 Å². The molecule has 10 heteroatoms. The van der Waals surface area contributed by atoms with E-state index in [0.717, 1.165) is 25.7 Å². The second-order valence-corrected chi connectivity index (χ2v) is 10.1. The van der Waals surface area contributed by atoms with Crippen LogP contribution in [-0.2, 0) is 28.5 Å². The summed E-state index contributed by atoms with van der Waals surface area (Å²) in [4.78, 5) is 23.6. The molecule has 0 radical (unpaired) electrons. The van der Waals surface area contributed by atoms with Crippen molar-refractivity contribution in [1.82, 2.24) is 5.43 Å². The molecule has 1 spiro atoms. The topological polar surface area (TPSA) is 134 Å². The second-order valence-electron chi connectivity index (χ2n) is 10.1. The van der Waals surface area contributed by atoms with E-state index in [4.69, 9.17) is 29.4 Å². The first-order valence-corrected chi connectivity index (χ1v) is 11.7. The molecule has 0 aromatic rings. The van der Waals surface area contributed by atoms with Crippen LogP contribution in [0.5, 0.6) is 0 Å². The van der Waals surface area contributed by atoms with Gasteiger partial charge in [0.25, 0.3) is 0 Å². The molecule has 0 aromatic heterocycles. The summed E-state index contributed by atoms with van der Waals surface area (Å²) in [6.07, 6.45) is 5.72. The number of urea groups is 1. The molecule has 4 fully saturated rings. The molecule has 4 unspecified atom stereocenters. The van der Waals surface area contributed by atoms with Crippen molar-refractivity contribution in [2.45, 2.75) is 89.2 Å². The van der Waals surface area contributed by atoms with E-state index in [1.54, 1.807) is 6.21 Å². The van der Waals surface area contributed by atoms with E-state index >= 15 is 0 Å². The van der Waals surface area contributed by atoms with Crippen LogP contribution in [0.4, 0.5) is 4.79 Å². The Morgan fingerprint density at radius 3 is 2.79 bits per heavy atom. The van der Waals surface area contributed by atoms with Gasteiger partial charge in [-0.15, -0.1) is 0 Å². The van der Waals surface area contributed by atoms with Crippen LogP contribution in [0.15, 0.2) is 16.8 Å². The van der Waals surface area contributed by atoms with Crippen molar-refractivity contribution in [3.8, 4) is 0 Å². The van der Waals surface area contributed by atoms with Crippen molar-refractivity contribution in [1.29, 1.82) is 0 Å². The average Bonchev–Trinajstić information content (AvgIpc) is 3.55. The third kappa shape index (κ3) is 3.33. The van der Waals surface area contributed by atoms with E-state index < -0.39 is 46.7 Å². The van der Waals surface area contributed by atoms with E-state index in [1.165, 1.54) is 12.5 Å². The number of hydrogen-bond acceptors (Lipinski definition) is 8. The van der Waals surface area contributed by atoms with Gasteiger partial charge in [0.2, 0.25) is 0 Å². The minimum atomic E-state index is -0.752. The van der Waals surface area contributed by atoms with Gasteiger partial charge in [0.15, 0.2) is 6.29 Å². The number of fused-ring (bicyclic) bond motifs is 2. The molecule has 1 saturated carbocycles. The Hall–Kier alpha value is -2.01. The molecule has 0 aromatic carbocycles. The van der Waals surface area contributed by atoms with Crippen molar-refractivity contribution >= 4 is 18.2 Å². The number of ether oxygens (including phenoxy) is 5. The Kier molecular flexibility index (Phi) is 5.55.